The van der Waals surface area contributed by atoms with Crippen LogP contribution in [0.1, 0.15) is 11.1 Å². The molecule has 1 aliphatic heterocycles. The van der Waals surface area contributed by atoms with Gasteiger partial charge in [-0.15, -0.1) is 0 Å². The van der Waals surface area contributed by atoms with Crippen LogP contribution >= 0.6 is 23.2 Å². The van der Waals surface area contributed by atoms with E-state index in [4.69, 9.17) is 32.7 Å². The Labute approximate surface area is 154 Å². The largest absolute Gasteiger partial charge is 0.493 e. The first-order valence-electron chi connectivity index (χ1n) is 7.31. The van der Waals surface area contributed by atoms with Crippen molar-refractivity contribution in [2.24, 2.45) is 4.99 Å². The smallest absolute Gasteiger partial charge is 0.275 e. The summed E-state index contributed by atoms with van der Waals surface area (Å²) in [4.78, 5) is 16.5. The summed E-state index contributed by atoms with van der Waals surface area (Å²) in [6.07, 6.45) is 1.66. The fourth-order valence-corrected chi connectivity index (χ4v) is 2.88. The molecule has 0 aromatic heterocycles. The summed E-state index contributed by atoms with van der Waals surface area (Å²) >= 11 is 12.1. The Hall–Kier alpha value is -2.50. The van der Waals surface area contributed by atoms with Gasteiger partial charge in [-0.05, 0) is 42.0 Å². The molecule has 128 valence electrons. The number of carbonyl (C=O) groups is 1. The van der Waals surface area contributed by atoms with Crippen molar-refractivity contribution < 1.29 is 14.3 Å². The van der Waals surface area contributed by atoms with Crippen molar-refractivity contribution >= 4 is 41.0 Å². The number of aliphatic imine (C=N–C) groups is 1. The molecule has 1 N–H and O–H groups in total. The highest BCUT2D eigenvalue weighted by Crippen LogP contribution is 2.29. The van der Waals surface area contributed by atoms with Crippen LogP contribution in [0, 0.1) is 0 Å². The van der Waals surface area contributed by atoms with Crippen LogP contribution in [-0.2, 0) is 4.79 Å². The number of hydrogen-bond acceptors (Lipinski definition) is 4. The fourth-order valence-electron chi connectivity index (χ4n) is 2.38. The van der Waals surface area contributed by atoms with E-state index >= 15 is 0 Å². The number of methoxy groups -OCH3 is 2. The molecule has 0 saturated heterocycles. The predicted octanol–water partition coefficient (Wildman–Crippen LogP) is 3.93. The maximum atomic E-state index is 12.2. The number of rotatable bonds is 4. The Morgan fingerprint density at radius 2 is 1.80 bits per heavy atom. The lowest BCUT2D eigenvalue weighted by atomic mass is 10.1. The summed E-state index contributed by atoms with van der Waals surface area (Å²) in [5, 5.41) is 3.64. The molecule has 25 heavy (non-hydrogen) atoms. The van der Waals surface area contributed by atoms with E-state index in [1.165, 1.54) is 0 Å². The second kappa shape index (κ2) is 7.17. The topological polar surface area (TPSA) is 59.9 Å². The molecule has 2 aromatic rings. The third-order valence-corrected chi connectivity index (χ3v) is 4.14. The number of halogens is 2. The Morgan fingerprint density at radius 3 is 2.48 bits per heavy atom. The van der Waals surface area contributed by atoms with Gasteiger partial charge in [-0.2, -0.15) is 0 Å². The van der Waals surface area contributed by atoms with Gasteiger partial charge in [-0.3, -0.25) is 4.79 Å². The van der Waals surface area contributed by atoms with Gasteiger partial charge in [-0.1, -0.05) is 29.3 Å². The zero-order valence-corrected chi connectivity index (χ0v) is 15.0. The average Bonchev–Trinajstić information content (AvgIpc) is 2.95. The second-order valence-corrected chi connectivity index (χ2v) is 6.03. The number of ether oxygens (including phenoxy) is 2. The third kappa shape index (κ3) is 3.62. The summed E-state index contributed by atoms with van der Waals surface area (Å²) in [5.41, 5.74) is 1.64. The standard InChI is InChI=1S/C18H14Cl2N2O3/c1-24-15-6-3-10(8-16(15)25-2)7-14-18(23)22-17(21-14)12-5-4-11(19)9-13(12)20/h3-9H,1-2H3,(H,21,22,23)/b14-7+. The number of nitrogens with one attached hydrogen (secondary N) is 1. The molecule has 0 atom stereocenters. The normalized spacial score (nSPS) is 15.1. The summed E-state index contributed by atoms with van der Waals surface area (Å²) in [6, 6.07) is 10.3. The van der Waals surface area contributed by atoms with Crippen molar-refractivity contribution in [3.8, 4) is 11.5 Å². The Kier molecular flexibility index (Phi) is 4.97. The molecule has 0 aliphatic carbocycles. The maximum Gasteiger partial charge on any atom is 0.275 e. The van der Waals surface area contributed by atoms with Crippen LogP contribution in [0.4, 0.5) is 0 Å². The summed E-state index contributed by atoms with van der Waals surface area (Å²) < 4.78 is 10.5. The van der Waals surface area contributed by atoms with Gasteiger partial charge in [0.25, 0.3) is 5.91 Å². The minimum absolute atomic E-state index is 0.272. The van der Waals surface area contributed by atoms with Gasteiger partial charge >= 0.3 is 0 Å². The molecule has 2 aromatic carbocycles. The molecular weight excluding hydrogens is 363 g/mol. The molecule has 0 fully saturated rings. The summed E-state index contributed by atoms with van der Waals surface area (Å²) in [7, 11) is 3.11. The zero-order valence-electron chi connectivity index (χ0n) is 13.5. The lowest BCUT2D eigenvalue weighted by molar-refractivity contribution is -0.115. The minimum Gasteiger partial charge on any atom is -0.493 e. The van der Waals surface area contributed by atoms with E-state index in [1.807, 2.05) is 6.07 Å². The van der Waals surface area contributed by atoms with Crippen LogP contribution < -0.4 is 14.8 Å². The summed E-state index contributed by atoms with van der Waals surface area (Å²) in [6.45, 7) is 0. The maximum absolute atomic E-state index is 12.2. The van der Waals surface area contributed by atoms with E-state index < -0.39 is 0 Å². The van der Waals surface area contributed by atoms with E-state index in [-0.39, 0.29) is 11.6 Å². The minimum atomic E-state index is -0.309. The van der Waals surface area contributed by atoms with E-state index in [9.17, 15) is 4.79 Å². The molecule has 5 nitrogen and oxygen atoms in total. The quantitative estimate of drug-likeness (QED) is 0.822. The first kappa shape index (κ1) is 17.3. The van der Waals surface area contributed by atoms with E-state index in [0.29, 0.717) is 32.9 Å². The molecule has 0 spiro atoms. The predicted molar refractivity (Wildman–Crippen MR) is 98.7 cm³/mol. The van der Waals surface area contributed by atoms with Crippen molar-refractivity contribution in [2.45, 2.75) is 0 Å². The third-order valence-electron chi connectivity index (χ3n) is 3.59. The average molecular weight is 377 g/mol. The van der Waals surface area contributed by atoms with Gasteiger partial charge in [0.05, 0.1) is 19.2 Å². The Bertz CT molecular complexity index is 907. The van der Waals surface area contributed by atoms with Crippen molar-refractivity contribution in [2.75, 3.05) is 14.2 Å². The SMILES string of the molecule is COc1ccc(/C=C2/N=C(c3ccc(Cl)cc3Cl)NC2=O)cc1OC. The van der Waals surface area contributed by atoms with Crippen LogP contribution in [0.15, 0.2) is 47.1 Å². The molecule has 1 aliphatic rings. The monoisotopic (exact) mass is 376 g/mol. The molecule has 0 bridgehead atoms. The second-order valence-electron chi connectivity index (χ2n) is 5.18. The molecule has 0 unspecified atom stereocenters. The van der Waals surface area contributed by atoms with Crippen LogP contribution in [0.25, 0.3) is 6.08 Å². The number of amides is 1. The van der Waals surface area contributed by atoms with Crippen molar-refractivity contribution in [1.82, 2.24) is 5.32 Å². The van der Waals surface area contributed by atoms with Crippen LogP contribution in [-0.4, -0.2) is 26.0 Å². The number of hydrogen-bond donors (Lipinski definition) is 1. The first-order chi connectivity index (χ1) is 12.0. The number of benzene rings is 2. The van der Waals surface area contributed by atoms with Crippen LogP contribution in [0.3, 0.4) is 0 Å². The Morgan fingerprint density at radius 1 is 1.04 bits per heavy atom. The van der Waals surface area contributed by atoms with Crippen LogP contribution in [0.2, 0.25) is 10.0 Å². The molecular formula is C18H14Cl2N2O3. The molecule has 1 amide bonds. The molecule has 1 heterocycles. The lowest BCUT2D eigenvalue weighted by Gasteiger charge is -2.07. The van der Waals surface area contributed by atoms with Crippen LogP contribution in [0.5, 0.6) is 11.5 Å². The molecule has 3 rings (SSSR count). The molecule has 0 saturated carbocycles. The summed E-state index contributed by atoms with van der Waals surface area (Å²) in [5.74, 6) is 1.26. The van der Waals surface area contributed by atoms with E-state index in [1.54, 1.807) is 50.6 Å². The van der Waals surface area contributed by atoms with Gasteiger partial charge < -0.3 is 14.8 Å². The van der Waals surface area contributed by atoms with Gasteiger partial charge in [0.1, 0.15) is 11.5 Å². The lowest BCUT2D eigenvalue weighted by Crippen LogP contribution is -2.24. The van der Waals surface area contributed by atoms with Gasteiger partial charge in [0.15, 0.2) is 11.5 Å². The first-order valence-corrected chi connectivity index (χ1v) is 8.06. The van der Waals surface area contributed by atoms with E-state index in [0.717, 1.165) is 5.56 Å². The van der Waals surface area contributed by atoms with Gasteiger partial charge in [-0.25, -0.2) is 4.99 Å². The highest BCUT2D eigenvalue weighted by Gasteiger charge is 2.22. The number of nitrogens with zero attached hydrogens (tertiary/aromatic N) is 1. The fraction of sp³-hybridized carbons (Fsp3) is 0.111. The van der Waals surface area contributed by atoms with Gasteiger partial charge in [0, 0.05) is 10.6 Å². The Balaban J connectivity index is 1.96. The number of carbonyl (C=O) groups excluding carboxylic acids is 1. The molecule has 7 heteroatoms. The highest BCUT2D eigenvalue weighted by atomic mass is 35.5. The van der Waals surface area contributed by atoms with E-state index in [2.05, 4.69) is 10.3 Å². The van der Waals surface area contributed by atoms with Crippen molar-refractivity contribution in [1.29, 1.82) is 0 Å². The van der Waals surface area contributed by atoms with Crippen molar-refractivity contribution in [3.63, 3.8) is 0 Å². The number of amidine groups is 1. The van der Waals surface area contributed by atoms with Gasteiger partial charge in [0.2, 0.25) is 0 Å². The van der Waals surface area contributed by atoms with Crippen molar-refractivity contribution in [3.05, 3.63) is 63.3 Å². The molecule has 0 radical (unpaired) electrons. The highest BCUT2D eigenvalue weighted by molar-refractivity contribution is 6.37. The zero-order chi connectivity index (χ0) is 18.0.